The first-order valence-electron chi connectivity index (χ1n) is 8.36. The van der Waals surface area contributed by atoms with Gasteiger partial charge in [-0.15, -0.1) is 0 Å². The third-order valence-corrected chi connectivity index (χ3v) is 4.31. The summed E-state index contributed by atoms with van der Waals surface area (Å²) >= 11 is 0. The summed E-state index contributed by atoms with van der Waals surface area (Å²) in [5.74, 6) is -0.181. The van der Waals surface area contributed by atoms with Crippen LogP contribution in [0.4, 0.5) is 11.4 Å². The molecule has 0 saturated heterocycles. The van der Waals surface area contributed by atoms with Crippen molar-refractivity contribution in [2.75, 3.05) is 11.1 Å². The van der Waals surface area contributed by atoms with Crippen molar-refractivity contribution in [1.82, 2.24) is 9.78 Å². The van der Waals surface area contributed by atoms with Crippen LogP contribution in [-0.4, -0.2) is 15.7 Å². The standard InChI is InChI=1S/C21H18N4O/c22-18-6-2-3-7-19(18)24-21(26)16-11-9-15(10-12-16)14-25-20-8-4-1-5-17(20)13-23-25/h1-13H,14,22H2,(H,24,26). The van der Waals surface area contributed by atoms with Crippen LogP contribution in [0.3, 0.4) is 0 Å². The minimum atomic E-state index is -0.181. The van der Waals surface area contributed by atoms with Crippen molar-refractivity contribution in [3.63, 3.8) is 0 Å². The van der Waals surface area contributed by atoms with Crippen LogP contribution < -0.4 is 11.1 Å². The monoisotopic (exact) mass is 342 g/mol. The van der Waals surface area contributed by atoms with E-state index >= 15 is 0 Å². The Bertz CT molecular complexity index is 1070. The van der Waals surface area contributed by atoms with Gasteiger partial charge in [-0.05, 0) is 35.9 Å². The van der Waals surface area contributed by atoms with Gasteiger partial charge >= 0.3 is 0 Å². The number of fused-ring (bicyclic) bond motifs is 1. The highest BCUT2D eigenvalue weighted by atomic mass is 16.1. The van der Waals surface area contributed by atoms with Gasteiger partial charge in [0.1, 0.15) is 0 Å². The van der Waals surface area contributed by atoms with Crippen molar-refractivity contribution in [2.24, 2.45) is 0 Å². The molecule has 0 fully saturated rings. The smallest absolute Gasteiger partial charge is 0.255 e. The first kappa shape index (κ1) is 15.9. The Labute approximate surface area is 151 Å². The average molecular weight is 342 g/mol. The van der Waals surface area contributed by atoms with Gasteiger partial charge in [-0.3, -0.25) is 9.48 Å². The van der Waals surface area contributed by atoms with E-state index in [0.29, 0.717) is 23.5 Å². The number of nitrogens with two attached hydrogens (primary N) is 1. The van der Waals surface area contributed by atoms with E-state index in [1.165, 1.54) is 0 Å². The van der Waals surface area contributed by atoms with Crippen molar-refractivity contribution in [1.29, 1.82) is 0 Å². The van der Waals surface area contributed by atoms with Crippen LogP contribution in [0.15, 0.2) is 79.0 Å². The molecular formula is C21H18N4O. The fourth-order valence-electron chi connectivity index (χ4n) is 2.89. The summed E-state index contributed by atoms with van der Waals surface area (Å²) in [5, 5.41) is 8.39. The van der Waals surface area contributed by atoms with Gasteiger partial charge in [0.15, 0.2) is 0 Å². The first-order chi connectivity index (χ1) is 12.7. The van der Waals surface area contributed by atoms with Crippen molar-refractivity contribution >= 4 is 28.2 Å². The van der Waals surface area contributed by atoms with E-state index in [2.05, 4.69) is 16.5 Å². The van der Waals surface area contributed by atoms with E-state index in [-0.39, 0.29) is 5.91 Å². The number of rotatable bonds is 4. The molecule has 1 aromatic heterocycles. The van der Waals surface area contributed by atoms with Crippen molar-refractivity contribution in [2.45, 2.75) is 6.54 Å². The molecule has 5 nitrogen and oxygen atoms in total. The molecular weight excluding hydrogens is 324 g/mol. The van der Waals surface area contributed by atoms with Crippen LogP contribution in [0.25, 0.3) is 10.9 Å². The highest BCUT2D eigenvalue weighted by Crippen LogP contribution is 2.18. The number of nitrogens with zero attached hydrogens (tertiary/aromatic N) is 2. The van der Waals surface area contributed by atoms with Crippen LogP contribution in [0.5, 0.6) is 0 Å². The number of hydrogen-bond donors (Lipinski definition) is 2. The Morgan fingerprint density at radius 1 is 0.962 bits per heavy atom. The van der Waals surface area contributed by atoms with E-state index in [9.17, 15) is 4.79 Å². The molecule has 4 aromatic rings. The molecule has 5 heteroatoms. The summed E-state index contributed by atoms with van der Waals surface area (Å²) in [7, 11) is 0. The summed E-state index contributed by atoms with van der Waals surface area (Å²) in [6.45, 7) is 0.654. The fourth-order valence-corrected chi connectivity index (χ4v) is 2.89. The largest absolute Gasteiger partial charge is 0.397 e. The number of hydrogen-bond acceptors (Lipinski definition) is 3. The second-order valence-electron chi connectivity index (χ2n) is 6.10. The molecule has 0 spiro atoms. The van der Waals surface area contributed by atoms with Crippen molar-refractivity contribution in [3.05, 3.63) is 90.1 Å². The van der Waals surface area contributed by atoms with Crippen LogP contribution >= 0.6 is 0 Å². The third kappa shape index (κ3) is 3.15. The maximum atomic E-state index is 12.4. The fraction of sp³-hybridized carbons (Fsp3) is 0.0476. The number of carbonyl (C=O) groups excluding carboxylic acids is 1. The lowest BCUT2D eigenvalue weighted by molar-refractivity contribution is 0.102. The molecule has 26 heavy (non-hydrogen) atoms. The van der Waals surface area contributed by atoms with E-state index in [1.54, 1.807) is 12.1 Å². The predicted molar refractivity (Wildman–Crippen MR) is 104 cm³/mol. The molecule has 3 N–H and O–H groups in total. The lowest BCUT2D eigenvalue weighted by Crippen LogP contribution is -2.13. The second kappa shape index (κ2) is 6.72. The Kier molecular flexibility index (Phi) is 4.11. The number of nitrogens with one attached hydrogen (secondary N) is 1. The van der Waals surface area contributed by atoms with Crippen LogP contribution in [0, 0.1) is 0 Å². The highest BCUT2D eigenvalue weighted by Gasteiger charge is 2.08. The molecule has 4 rings (SSSR count). The Morgan fingerprint density at radius 3 is 2.50 bits per heavy atom. The van der Waals surface area contributed by atoms with E-state index < -0.39 is 0 Å². The van der Waals surface area contributed by atoms with Crippen molar-refractivity contribution < 1.29 is 4.79 Å². The normalized spacial score (nSPS) is 10.8. The number of para-hydroxylation sites is 3. The topological polar surface area (TPSA) is 72.9 Å². The minimum Gasteiger partial charge on any atom is -0.397 e. The van der Waals surface area contributed by atoms with Gasteiger partial charge in [0, 0.05) is 10.9 Å². The van der Waals surface area contributed by atoms with Gasteiger partial charge in [-0.25, -0.2) is 0 Å². The number of anilines is 2. The molecule has 0 bridgehead atoms. The number of carbonyl (C=O) groups is 1. The van der Waals surface area contributed by atoms with Gasteiger partial charge in [-0.2, -0.15) is 5.10 Å². The van der Waals surface area contributed by atoms with Gasteiger partial charge in [-0.1, -0.05) is 42.5 Å². The molecule has 0 atom stereocenters. The predicted octanol–water partition coefficient (Wildman–Crippen LogP) is 3.92. The van der Waals surface area contributed by atoms with Gasteiger partial charge < -0.3 is 11.1 Å². The zero-order valence-electron chi connectivity index (χ0n) is 14.1. The molecule has 1 heterocycles. The molecule has 0 unspecified atom stereocenters. The molecule has 0 aliphatic rings. The summed E-state index contributed by atoms with van der Waals surface area (Å²) in [4.78, 5) is 12.4. The van der Waals surface area contributed by atoms with Crippen LogP contribution in [0.1, 0.15) is 15.9 Å². The number of benzene rings is 3. The maximum absolute atomic E-state index is 12.4. The van der Waals surface area contributed by atoms with Crippen LogP contribution in [-0.2, 0) is 6.54 Å². The third-order valence-electron chi connectivity index (χ3n) is 4.31. The molecule has 128 valence electrons. The number of nitrogen functional groups attached to an aromatic ring is 1. The molecule has 0 aliphatic heterocycles. The molecule has 3 aromatic carbocycles. The average Bonchev–Trinajstić information content (AvgIpc) is 3.07. The first-order valence-corrected chi connectivity index (χ1v) is 8.36. The van der Waals surface area contributed by atoms with E-state index in [1.807, 2.05) is 65.5 Å². The summed E-state index contributed by atoms with van der Waals surface area (Å²) in [5.41, 5.74) is 9.78. The van der Waals surface area contributed by atoms with Gasteiger partial charge in [0.25, 0.3) is 5.91 Å². The summed E-state index contributed by atoms with van der Waals surface area (Å²) in [6, 6.07) is 22.8. The molecule has 0 radical (unpaired) electrons. The van der Waals surface area contributed by atoms with Crippen LogP contribution in [0.2, 0.25) is 0 Å². The number of aromatic nitrogens is 2. The van der Waals surface area contributed by atoms with Gasteiger partial charge in [0.05, 0.1) is 29.6 Å². The molecule has 1 amide bonds. The lowest BCUT2D eigenvalue weighted by Gasteiger charge is -2.09. The zero-order chi connectivity index (χ0) is 17.9. The lowest BCUT2D eigenvalue weighted by atomic mass is 10.1. The zero-order valence-corrected chi connectivity index (χ0v) is 14.1. The summed E-state index contributed by atoms with van der Waals surface area (Å²) in [6.07, 6.45) is 1.86. The van der Waals surface area contributed by atoms with E-state index in [0.717, 1.165) is 16.5 Å². The SMILES string of the molecule is Nc1ccccc1NC(=O)c1ccc(Cn2ncc3ccccc32)cc1. The Morgan fingerprint density at radius 2 is 1.69 bits per heavy atom. The number of amides is 1. The summed E-state index contributed by atoms with van der Waals surface area (Å²) < 4.78 is 1.95. The van der Waals surface area contributed by atoms with E-state index in [4.69, 9.17) is 5.73 Å². The highest BCUT2D eigenvalue weighted by molar-refractivity contribution is 6.05. The molecule has 0 aliphatic carbocycles. The quantitative estimate of drug-likeness (QED) is 0.552. The molecule has 0 saturated carbocycles. The van der Waals surface area contributed by atoms with Gasteiger partial charge in [0.2, 0.25) is 0 Å². The Balaban J connectivity index is 1.50. The maximum Gasteiger partial charge on any atom is 0.255 e. The minimum absolute atomic E-state index is 0.181. The van der Waals surface area contributed by atoms with Crippen molar-refractivity contribution in [3.8, 4) is 0 Å². The second-order valence-corrected chi connectivity index (χ2v) is 6.10. The Hall–Kier alpha value is -3.60.